The molecule has 0 aliphatic heterocycles. The summed E-state index contributed by atoms with van der Waals surface area (Å²) in [7, 11) is 0. The van der Waals surface area contributed by atoms with Crippen LogP contribution in [-0.2, 0) is 0 Å². The molecule has 0 bridgehead atoms. The van der Waals surface area contributed by atoms with Crippen molar-refractivity contribution in [2.75, 3.05) is 17.2 Å². The topological polar surface area (TPSA) is 48.1 Å². The van der Waals surface area contributed by atoms with E-state index in [1.807, 2.05) is 18.7 Å². The highest BCUT2D eigenvalue weighted by molar-refractivity contribution is 7.99. The normalized spacial score (nSPS) is 12.4. The summed E-state index contributed by atoms with van der Waals surface area (Å²) in [6.07, 6.45) is 2.48. The molecule has 1 rings (SSSR count). The molecule has 0 amide bonds. The molecule has 2 N–H and O–H groups in total. The van der Waals surface area contributed by atoms with Gasteiger partial charge in [-0.15, -0.1) is 0 Å². The molecule has 1 atom stereocenters. The Bertz CT molecular complexity index is 391. The molecule has 0 aliphatic carbocycles. The first-order chi connectivity index (χ1) is 8.54. The lowest BCUT2D eigenvalue weighted by Crippen LogP contribution is -2.16. The molecular formula is C12H18Cl2N2OS. The first-order valence-corrected chi connectivity index (χ1v) is 7.81. The van der Waals surface area contributed by atoms with Crippen molar-refractivity contribution in [2.45, 2.75) is 32.8 Å². The third kappa shape index (κ3) is 5.12. The van der Waals surface area contributed by atoms with Gasteiger partial charge in [0, 0.05) is 5.75 Å². The highest BCUT2D eigenvalue weighted by Gasteiger charge is 2.11. The summed E-state index contributed by atoms with van der Waals surface area (Å²) < 4.78 is 5.66. The highest BCUT2D eigenvalue weighted by atomic mass is 35.5. The van der Waals surface area contributed by atoms with E-state index in [1.54, 1.807) is 6.07 Å². The van der Waals surface area contributed by atoms with E-state index in [2.05, 4.69) is 11.9 Å². The second kappa shape index (κ2) is 7.97. The number of hydrogen-bond acceptors (Lipinski definition) is 4. The van der Waals surface area contributed by atoms with Gasteiger partial charge in [0.25, 0.3) is 0 Å². The third-order valence-electron chi connectivity index (χ3n) is 2.23. The second-order valence-corrected chi connectivity index (χ2v) is 5.96. The van der Waals surface area contributed by atoms with Crippen LogP contribution < -0.4 is 10.5 Å². The van der Waals surface area contributed by atoms with E-state index >= 15 is 0 Å². The fraction of sp³-hybridized carbons (Fsp3) is 0.583. The lowest BCUT2D eigenvalue weighted by Gasteiger charge is -2.15. The van der Waals surface area contributed by atoms with Gasteiger partial charge in [-0.3, -0.25) is 0 Å². The van der Waals surface area contributed by atoms with Gasteiger partial charge in [-0.1, -0.05) is 36.5 Å². The maximum absolute atomic E-state index is 6.00. The van der Waals surface area contributed by atoms with E-state index in [0.717, 1.165) is 11.5 Å². The molecule has 0 radical (unpaired) electrons. The van der Waals surface area contributed by atoms with Crippen molar-refractivity contribution in [3.8, 4) is 5.88 Å². The molecule has 1 heterocycles. The fourth-order valence-corrected chi connectivity index (χ4v) is 2.73. The van der Waals surface area contributed by atoms with E-state index in [0.29, 0.717) is 15.9 Å². The highest BCUT2D eigenvalue weighted by Crippen LogP contribution is 2.29. The lowest BCUT2D eigenvalue weighted by molar-refractivity contribution is 0.237. The monoisotopic (exact) mass is 308 g/mol. The predicted octanol–water partition coefficient (Wildman–Crippen LogP) is 4.27. The van der Waals surface area contributed by atoms with Crippen LogP contribution in [-0.4, -0.2) is 22.6 Å². The molecule has 1 aromatic heterocycles. The van der Waals surface area contributed by atoms with E-state index in [-0.39, 0.29) is 11.9 Å². The maximum Gasteiger partial charge on any atom is 0.234 e. The molecule has 1 unspecified atom stereocenters. The van der Waals surface area contributed by atoms with Gasteiger partial charge in [0.2, 0.25) is 5.88 Å². The summed E-state index contributed by atoms with van der Waals surface area (Å²) in [5, 5.41) is 0.733. The molecule has 3 nitrogen and oxygen atoms in total. The van der Waals surface area contributed by atoms with Crippen molar-refractivity contribution in [1.29, 1.82) is 0 Å². The first-order valence-electron chi connectivity index (χ1n) is 5.90. The number of anilines is 1. The minimum atomic E-state index is 0.0393. The Hall–Kier alpha value is -0.320. The number of aromatic nitrogens is 1. The number of hydrogen-bond donors (Lipinski definition) is 1. The Labute approximate surface area is 122 Å². The Morgan fingerprint density at radius 1 is 1.44 bits per heavy atom. The molecular weight excluding hydrogens is 291 g/mol. The van der Waals surface area contributed by atoms with Crippen LogP contribution in [0.5, 0.6) is 5.88 Å². The van der Waals surface area contributed by atoms with Crippen molar-refractivity contribution in [2.24, 2.45) is 0 Å². The maximum atomic E-state index is 6.00. The minimum Gasteiger partial charge on any atom is -0.473 e. The van der Waals surface area contributed by atoms with Gasteiger partial charge in [0.05, 0.1) is 5.02 Å². The molecule has 0 saturated carbocycles. The quantitative estimate of drug-likeness (QED) is 0.764. The summed E-state index contributed by atoms with van der Waals surface area (Å²) >= 11 is 13.7. The van der Waals surface area contributed by atoms with Gasteiger partial charge < -0.3 is 10.5 Å². The average molecular weight is 309 g/mol. The van der Waals surface area contributed by atoms with Crippen LogP contribution in [0.1, 0.15) is 26.7 Å². The van der Waals surface area contributed by atoms with E-state index in [9.17, 15) is 0 Å². The number of nitrogens with zero attached hydrogens (tertiary/aromatic N) is 1. The number of halogens is 2. The molecule has 0 aromatic carbocycles. The Balaban J connectivity index is 2.48. The van der Waals surface area contributed by atoms with Crippen LogP contribution in [0.3, 0.4) is 0 Å². The van der Waals surface area contributed by atoms with Gasteiger partial charge in [0.15, 0.2) is 0 Å². The van der Waals surface area contributed by atoms with E-state index < -0.39 is 0 Å². The zero-order chi connectivity index (χ0) is 13.5. The molecule has 0 fully saturated rings. The summed E-state index contributed by atoms with van der Waals surface area (Å²) in [6, 6.07) is 1.55. The van der Waals surface area contributed by atoms with Crippen LogP contribution in [0.15, 0.2) is 6.07 Å². The molecule has 18 heavy (non-hydrogen) atoms. The Morgan fingerprint density at radius 3 is 2.83 bits per heavy atom. The number of unbranched alkanes of at least 4 members (excludes halogenated alkanes) is 1. The predicted molar refractivity (Wildman–Crippen MR) is 81.0 cm³/mol. The number of nitrogens with two attached hydrogens (primary N) is 1. The molecule has 102 valence electrons. The van der Waals surface area contributed by atoms with E-state index in [1.165, 1.54) is 12.8 Å². The second-order valence-electron chi connectivity index (χ2n) is 4.00. The largest absolute Gasteiger partial charge is 0.473 e. The van der Waals surface area contributed by atoms with Crippen LogP contribution in [0.4, 0.5) is 5.82 Å². The van der Waals surface area contributed by atoms with Crippen molar-refractivity contribution in [3.05, 3.63) is 16.1 Å². The van der Waals surface area contributed by atoms with E-state index in [4.69, 9.17) is 33.7 Å². The summed E-state index contributed by atoms with van der Waals surface area (Å²) in [4.78, 5) is 4.04. The number of ether oxygens (including phenoxy) is 1. The number of nitrogen functional groups attached to an aromatic ring is 1. The smallest absolute Gasteiger partial charge is 0.234 e. The minimum absolute atomic E-state index is 0.0393. The number of rotatable bonds is 7. The molecule has 0 aliphatic rings. The Kier molecular flexibility index (Phi) is 6.97. The van der Waals surface area contributed by atoms with Crippen LogP contribution in [0.25, 0.3) is 0 Å². The average Bonchev–Trinajstić information content (AvgIpc) is 2.32. The van der Waals surface area contributed by atoms with Gasteiger partial charge in [0.1, 0.15) is 16.9 Å². The van der Waals surface area contributed by atoms with Crippen LogP contribution >= 0.6 is 35.0 Å². The fourth-order valence-electron chi connectivity index (χ4n) is 1.27. The van der Waals surface area contributed by atoms with Crippen LogP contribution in [0, 0.1) is 0 Å². The molecule has 6 heteroatoms. The summed E-state index contributed by atoms with van der Waals surface area (Å²) in [5.41, 5.74) is 5.62. The van der Waals surface area contributed by atoms with Gasteiger partial charge in [-0.2, -0.15) is 16.7 Å². The third-order valence-corrected chi connectivity index (χ3v) is 4.09. The summed E-state index contributed by atoms with van der Waals surface area (Å²) in [6.45, 7) is 4.17. The van der Waals surface area contributed by atoms with Crippen molar-refractivity contribution < 1.29 is 4.74 Å². The molecule has 0 spiro atoms. The molecule has 0 saturated heterocycles. The lowest BCUT2D eigenvalue weighted by atomic mass is 10.4. The van der Waals surface area contributed by atoms with Gasteiger partial charge >= 0.3 is 0 Å². The van der Waals surface area contributed by atoms with Crippen LogP contribution in [0.2, 0.25) is 10.0 Å². The van der Waals surface area contributed by atoms with Crippen molar-refractivity contribution >= 4 is 40.8 Å². The summed E-state index contributed by atoms with van der Waals surface area (Å²) in [5.74, 6) is 2.64. The molecule has 1 aromatic rings. The number of pyridine rings is 1. The zero-order valence-corrected chi connectivity index (χ0v) is 12.9. The van der Waals surface area contributed by atoms with Gasteiger partial charge in [-0.25, -0.2) is 0 Å². The zero-order valence-electron chi connectivity index (χ0n) is 10.6. The van der Waals surface area contributed by atoms with Gasteiger partial charge in [-0.05, 0) is 25.2 Å². The first kappa shape index (κ1) is 15.7. The number of thioether (sulfide) groups is 1. The SMILES string of the molecule is CCCCSCC(C)Oc1nc(N)c(Cl)cc1Cl. The van der Waals surface area contributed by atoms with Crippen molar-refractivity contribution in [1.82, 2.24) is 4.98 Å². The van der Waals surface area contributed by atoms with Crippen molar-refractivity contribution in [3.63, 3.8) is 0 Å². The standard InChI is InChI=1S/C12H18Cl2N2OS/c1-3-4-5-18-7-8(2)17-12-10(14)6-9(13)11(15)16-12/h6,8H,3-5,7H2,1-2H3,(H2,15,16). The Morgan fingerprint density at radius 2 is 2.17 bits per heavy atom.